The predicted molar refractivity (Wildman–Crippen MR) is 75.9 cm³/mol. The molecule has 0 aromatic heterocycles. The number of nitrogens with zero attached hydrogens (tertiary/aromatic N) is 1. The van der Waals surface area contributed by atoms with Crippen molar-refractivity contribution in [2.75, 3.05) is 31.2 Å². The van der Waals surface area contributed by atoms with E-state index in [2.05, 4.69) is 5.32 Å². The molecule has 1 heterocycles. The van der Waals surface area contributed by atoms with Gasteiger partial charge in [-0.05, 0) is 38.6 Å². The van der Waals surface area contributed by atoms with Gasteiger partial charge in [0, 0.05) is 12.6 Å². The summed E-state index contributed by atoms with van der Waals surface area (Å²) in [6, 6.07) is 4.16. The smallest absolute Gasteiger partial charge is 0.238 e. The molecule has 20 heavy (non-hydrogen) atoms. The second-order valence-electron chi connectivity index (χ2n) is 5.13. The summed E-state index contributed by atoms with van der Waals surface area (Å²) in [6.07, 6.45) is 1.05. The van der Waals surface area contributed by atoms with E-state index < -0.39 is 5.82 Å². The monoisotopic (exact) mass is 281 g/mol. The molecule has 1 aromatic rings. The number of rotatable bonds is 4. The fraction of sp³-hybridized carbons (Fsp3) is 0.500. The predicted octanol–water partition coefficient (Wildman–Crippen LogP) is 1.46. The molecule has 1 aromatic carbocycles. The SMILES string of the molecule is CC1OCCC1N(C)CC(=O)Nc1ccc(F)cc1N. The van der Waals surface area contributed by atoms with Gasteiger partial charge >= 0.3 is 0 Å². The molecule has 1 aliphatic rings. The Balaban J connectivity index is 1.92. The summed E-state index contributed by atoms with van der Waals surface area (Å²) in [4.78, 5) is 13.9. The fourth-order valence-electron chi connectivity index (χ4n) is 2.48. The molecule has 0 bridgehead atoms. The molecule has 2 rings (SSSR count). The van der Waals surface area contributed by atoms with Crippen LogP contribution in [0.5, 0.6) is 0 Å². The molecule has 0 saturated carbocycles. The maximum Gasteiger partial charge on any atom is 0.238 e. The van der Waals surface area contributed by atoms with Crippen molar-refractivity contribution in [3.05, 3.63) is 24.0 Å². The van der Waals surface area contributed by atoms with Gasteiger partial charge in [0.05, 0.1) is 24.0 Å². The molecule has 0 radical (unpaired) electrons. The number of carbonyl (C=O) groups is 1. The van der Waals surface area contributed by atoms with Gasteiger partial charge in [0.2, 0.25) is 5.91 Å². The molecule has 110 valence electrons. The van der Waals surface area contributed by atoms with Gasteiger partial charge < -0.3 is 15.8 Å². The summed E-state index contributed by atoms with van der Waals surface area (Å²) in [5, 5.41) is 2.69. The third-order valence-corrected chi connectivity index (χ3v) is 3.58. The molecule has 2 unspecified atom stereocenters. The van der Waals surface area contributed by atoms with Crippen molar-refractivity contribution in [2.24, 2.45) is 0 Å². The Labute approximate surface area is 117 Å². The lowest BCUT2D eigenvalue weighted by molar-refractivity contribution is -0.117. The minimum atomic E-state index is -0.422. The Bertz CT molecular complexity index is 495. The molecule has 6 heteroatoms. The highest BCUT2D eigenvalue weighted by Gasteiger charge is 2.28. The van der Waals surface area contributed by atoms with Gasteiger partial charge in [-0.1, -0.05) is 0 Å². The van der Waals surface area contributed by atoms with Crippen molar-refractivity contribution in [3.63, 3.8) is 0 Å². The topological polar surface area (TPSA) is 67.6 Å². The van der Waals surface area contributed by atoms with Gasteiger partial charge in [-0.25, -0.2) is 4.39 Å². The van der Waals surface area contributed by atoms with Gasteiger partial charge in [-0.15, -0.1) is 0 Å². The minimum Gasteiger partial charge on any atom is -0.397 e. The van der Waals surface area contributed by atoms with Crippen molar-refractivity contribution in [1.29, 1.82) is 0 Å². The quantitative estimate of drug-likeness (QED) is 0.820. The zero-order chi connectivity index (χ0) is 14.7. The first-order valence-electron chi connectivity index (χ1n) is 6.64. The van der Waals surface area contributed by atoms with Crippen molar-refractivity contribution >= 4 is 17.3 Å². The highest BCUT2D eigenvalue weighted by Crippen LogP contribution is 2.20. The van der Waals surface area contributed by atoms with E-state index in [1.165, 1.54) is 18.2 Å². The van der Waals surface area contributed by atoms with Gasteiger partial charge in [0.15, 0.2) is 0 Å². The maximum atomic E-state index is 12.9. The number of halogens is 1. The van der Waals surface area contributed by atoms with Crippen LogP contribution in [0.2, 0.25) is 0 Å². The number of anilines is 2. The van der Waals surface area contributed by atoms with E-state index in [1.807, 2.05) is 18.9 Å². The molecule has 0 spiro atoms. The molecule has 5 nitrogen and oxygen atoms in total. The van der Waals surface area contributed by atoms with Crippen LogP contribution in [0.15, 0.2) is 18.2 Å². The highest BCUT2D eigenvalue weighted by atomic mass is 19.1. The Morgan fingerprint density at radius 1 is 1.60 bits per heavy atom. The summed E-state index contributed by atoms with van der Waals surface area (Å²) in [5.41, 5.74) is 6.31. The number of likely N-dealkylation sites (N-methyl/N-ethyl adjacent to an activating group) is 1. The van der Waals surface area contributed by atoms with Crippen LogP contribution < -0.4 is 11.1 Å². The number of nitrogens with two attached hydrogens (primary N) is 1. The van der Waals surface area contributed by atoms with E-state index in [1.54, 1.807) is 0 Å². The summed E-state index contributed by atoms with van der Waals surface area (Å²) >= 11 is 0. The first-order chi connectivity index (χ1) is 9.47. The number of carbonyl (C=O) groups excluding carboxylic acids is 1. The third kappa shape index (κ3) is 3.46. The Morgan fingerprint density at radius 2 is 2.35 bits per heavy atom. The van der Waals surface area contributed by atoms with Crippen molar-refractivity contribution in [2.45, 2.75) is 25.5 Å². The van der Waals surface area contributed by atoms with Crippen LogP contribution in [0.1, 0.15) is 13.3 Å². The average Bonchev–Trinajstić information content (AvgIpc) is 2.79. The standard InChI is InChI=1S/C14H20FN3O2/c1-9-13(5-6-20-9)18(2)8-14(19)17-12-4-3-10(15)7-11(12)16/h3-4,7,9,13H,5-6,8,16H2,1-2H3,(H,17,19). The second-order valence-corrected chi connectivity index (χ2v) is 5.13. The number of ether oxygens (including phenoxy) is 1. The largest absolute Gasteiger partial charge is 0.397 e. The lowest BCUT2D eigenvalue weighted by atomic mass is 10.1. The zero-order valence-electron chi connectivity index (χ0n) is 11.7. The second kappa shape index (κ2) is 6.19. The first kappa shape index (κ1) is 14.7. The van der Waals surface area contributed by atoms with Crippen molar-refractivity contribution < 1.29 is 13.9 Å². The van der Waals surface area contributed by atoms with Gasteiger partial charge in [-0.3, -0.25) is 9.69 Å². The Morgan fingerprint density at radius 3 is 2.95 bits per heavy atom. The molecule has 1 aliphatic heterocycles. The molecule has 2 atom stereocenters. The lowest BCUT2D eigenvalue weighted by Crippen LogP contribution is -2.41. The summed E-state index contributed by atoms with van der Waals surface area (Å²) < 4.78 is 18.4. The fourth-order valence-corrected chi connectivity index (χ4v) is 2.48. The maximum absolute atomic E-state index is 12.9. The van der Waals surface area contributed by atoms with Crippen molar-refractivity contribution in [1.82, 2.24) is 4.90 Å². The Hall–Kier alpha value is -1.66. The van der Waals surface area contributed by atoms with Crippen LogP contribution in [0.25, 0.3) is 0 Å². The normalized spacial score (nSPS) is 22.2. The summed E-state index contributed by atoms with van der Waals surface area (Å²) in [6.45, 7) is 2.97. The lowest BCUT2D eigenvalue weighted by Gasteiger charge is -2.25. The molecule has 3 N–H and O–H groups in total. The molecule has 0 aliphatic carbocycles. The van der Waals surface area contributed by atoms with E-state index in [9.17, 15) is 9.18 Å². The number of hydrogen-bond acceptors (Lipinski definition) is 4. The molecule has 1 amide bonds. The van der Waals surface area contributed by atoms with E-state index in [-0.39, 0.29) is 30.3 Å². The van der Waals surface area contributed by atoms with Crippen LogP contribution in [0.3, 0.4) is 0 Å². The van der Waals surface area contributed by atoms with Crippen LogP contribution in [-0.2, 0) is 9.53 Å². The first-order valence-corrected chi connectivity index (χ1v) is 6.64. The van der Waals surface area contributed by atoms with Crippen LogP contribution in [0.4, 0.5) is 15.8 Å². The van der Waals surface area contributed by atoms with Gasteiger partial charge in [0.1, 0.15) is 5.82 Å². The zero-order valence-corrected chi connectivity index (χ0v) is 11.7. The Kier molecular flexibility index (Phi) is 4.57. The molecular weight excluding hydrogens is 261 g/mol. The van der Waals surface area contributed by atoms with Crippen molar-refractivity contribution in [3.8, 4) is 0 Å². The molecule has 1 saturated heterocycles. The number of amides is 1. The van der Waals surface area contributed by atoms with Gasteiger partial charge in [-0.2, -0.15) is 0 Å². The molecule has 1 fully saturated rings. The number of nitrogen functional groups attached to an aromatic ring is 1. The van der Waals surface area contributed by atoms with E-state index in [4.69, 9.17) is 10.5 Å². The van der Waals surface area contributed by atoms with Crippen LogP contribution >= 0.6 is 0 Å². The van der Waals surface area contributed by atoms with E-state index in [0.717, 1.165) is 13.0 Å². The number of nitrogens with one attached hydrogen (secondary N) is 1. The highest BCUT2D eigenvalue weighted by molar-refractivity contribution is 5.95. The van der Waals surface area contributed by atoms with Gasteiger partial charge in [0.25, 0.3) is 0 Å². The van der Waals surface area contributed by atoms with E-state index in [0.29, 0.717) is 5.69 Å². The van der Waals surface area contributed by atoms with Crippen LogP contribution in [0, 0.1) is 5.82 Å². The number of hydrogen-bond donors (Lipinski definition) is 2. The molecular formula is C14H20FN3O2. The summed E-state index contributed by atoms with van der Waals surface area (Å²) in [5.74, 6) is -0.598. The minimum absolute atomic E-state index is 0.128. The average molecular weight is 281 g/mol. The third-order valence-electron chi connectivity index (χ3n) is 3.58. The van der Waals surface area contributed by atoms with E-state index >= 15 is 0 Å². The summed E-state index contributed by atoms with van der Waals surface area (Å²) in [7, 11) is 1.89. The number of benzene rings is 1. The van der Waals surface area contributed by atoms with Crippen LogP contribution in [-0.4, -0.2) is 43.2 Å².